The van der Waals surface area contributed by atoms with Crippen LogP contribution in [-0.2, 0) is 13.5 Å². The summed E-state index contributed by atoms with van der Waals surface area (Å²) in [6.07, 6.45) is 2.80. The predicted octanol–water partition coefficient (Wildman–Crippen LogP) is 2.99. The first-order chi connectivity index (χ1) is 8.61. The van der Waals surface area contributed by atoms with Crippen LogP contribution < -0.4 is 5.32 Å². The number of hydrogen-bond acceptors (Lipinski definition) is 2. The molecule has 0 saturated heterocycles. The number of benzene rings is 1. The van der Waals surface area contributed by atoms with Crippen LogP contribution in [0.2, 0.25) is 0 Å². The van der Waals surface area contributed by atoms with E-state index in [1.165, 1.54) is 16.8 Å². The summed E-state index contributed by atoms with van der Waals surface area (Å²) in [5, 5.41) is 7.64. The van der Waals surface area contributed by atoms with Crippen molar-refractivity contribution < 1.29 is 0 Å². The average Bonchev–Trinajstić information content (AvgIpc) is 2.67. The van der Waals surface area contributed by atoms with Gasteiger partial charge in [-0.25, -0.2) is 0 Å². The number of aryl methyl sites for hydroxylation is 2. The van der Waals surface area contributed by atoms with E-state index in [1.54, 1.807) is 0 Å². The second-order valence-corrected chi connectivity index (χ2v) is 5.39. The maximum absolute atomic E-state index is 4.27. The van der Waals surface area contributed by atoms with Gasteiger partial charge in [-0.1, -0.05) is 29.8 Å². The maximum atomic E-state index is 4.27. The van der Waals surface area contributed by atoms with E-state index in [0.717, 1.165) is 10.9 Å². The van der Waals surface area contributed by atoms with Crippen LogP contribution in [0.15, 0.2) is 34.9 Å². The van der Waals surface area contributed by atoms with Crippen molar-refractivity contribution in [1.29, 1.82) is 0 Å². The molecule has 0 bridgehead atoms. The standard InChI is InChI=1S/C14H18BrN3/c1-10-5-4-6-11(7-10)8-13(16-2)14-12(15)9-17-18(14)3/h4-7,9,13,16H,8H2,1-3H3. The molecule has 3 nitrogen and oxygen atoms in total. The summed E-state index contributed by atoms with van der Waals surface area (Å²) in [4.78, 5) is 0. The Kier molecular flexibility index (Phi) is 4.19. The normalized spacial score (nSPS) is 12.7. The van der Waals surface area contributed by atoms with Crippen molar-refractivity contribution in [2.24, 2.45) is 7.05 Å². The summed E-state index contributed by atoms with van der Waals surface area (Å²) in [5.41, 5.74) is 3.81. The molecule has 1 unspecified atom stereocenters. The minimum atomic E-state index is 0.258. The number of nitrogens with one attached hydrogen (secondary N) is 1. The molecule has 1 N–H and O–H groups in total. The monoisotopic (exact) mass is 307 g/mol. The van der Waals surface area contributed by atoms with Crippen LogP contribution in [0.4, 0.5) is 0 Å². The first-order valence-corrected chi connectivity index (χ1v) is 6.81. The van der Waals surface area contributed by atoms with E-state index in [0.29, 0.717) is 0 Å². The summed E-state index contributed by atoms with van der Waals surface area (Å²) in [7, 11) is 3.96. The summed E-state index contributed by atoms with van der Waals surface area (Å²) < 4.78 is 2.97. The van der Waals surface area contributed by atoms with Gasteiger partial charge in [0.2, 0.25) is 0 Å². The number of nitrogens with zero attached hydrogens (tertiary/aromatic N) is 2. The Bertz CT molecular complexity index is 514. The van der Waals surface area contributed by atoms with E-state index >= 15 is 0 Å². The van der Waals surface area contributed by atoms with Gasteiger partial charge in [0.15, 0.2) is 0 Å². The lowest BCUT2D eigenvalue weighted by atomic mass is 10.0. The SMILES string of the molecule is CNC(Cc1cccc(C)c1)c1c(Br)cnn1C. The van der Waals surface area contributed by atoms with E-state index in [2.05, 4.69) is 57.5 Å². The molecule has 1 heterocycles. The van der Waals surface area contributed by atoms with Crippen LogP contribution in [0.3, 0.4) is 0 Å². The average molecular weight is 308 g/mol. The van der Waals surface area contributed by atoms with Crippen LogP contribution in [0, 0.1) is 6.92 Å². The molecule has 0 radical (unpaired) electrons. The van der Waals surface area contributed by atoms with Crippen molar-refractivity contribution in [3.05, 3.63) is 51.8 Å². The fourth-order valence-corrected chi connectivity index (χ4v) is 2.85. The molecule has 2 rings (SSSR count). The molecule has 1 aromatic heterocycles. The van der Waals surface area contributed by atoms with E-state index in [1.807, 2.05) is 25.0 Å². The molecule has 96 valence electrons. The third kappa shape index (κ3) is 2.82. The molecule has 0 amide bonds. The zero-order valence-electron chi connectivity index (χ0n) is 10.9. The molecule has 4 heteroatoms. The Hall–Kier alpha value is -1.13. The van der Waals surface area contributed by atoms with Gasteiger partial charge in [-0.3, -0.25) is 4.68 Å². The fourth-order valence-electron chi connectivity index (χ4n) is 2.22. The minimum absolute atomic E-state index is 0.258. The van der Waals surface area contributed by atoms with Crippen molar-refractivity contribution in [2.75, 3.05) is 7.05 Å². The Morgan fingerprint density at radius 1 is 1.44 bits per heavy atom. The summed E-state index contributed by atoms with van der Waals surface area (Å²) in [6, 6.07) is 8.89. The van der Waals surface area contributed by atoms with Crippen molar-refractivity contribution in [3.63, 3.8) is 0 Å². The lowest BCUT2D eigenvalue weighted by molar-refractivity contribution is 0.535. The highest BCUT2D eigenvalue weighted by atomic mass is 79.9. The number of likely N-dealkylation sites (N-methyl/N-ethyl adjacent to an activating group) is 1. The largest absolute Gasteiger partial charge is 0.311 e. The molecule has 2 aromatic rings. The highest BCUT2D eigenvalue weighted by Gasteiger charge is 2.17. The quantitative estimate of drug-likeness (QED) is 0.941. The molecule has 0 aliphatic carbocycles. The van der Waals surface area contributed by atoms with Gasteiger partial charge < -0.3 is 5.32 Å². The molecule has 0 fully saturated rings. The maximum Gasteiger partial charge on any atom is 0.0695 e. The van der Waals surface area contributed by atoms with Gasteiger partial charge >= 0.3 is 0 Å². The van der Waals surface area contributed by atoms with E-state index in [4.69, 9.17) is 0 Å². The lowest BCUT2D eigenvalue weighted by Crippen LogP contribution is -2.22. The third-order valence-corrected chi connectivity index (χ3v) is 3.75. The third-order valence-electron chi connectivity index (χ3n) is 3.14. The zero-order chi connectivity index (χ0) is 13.1. The van der Waals surface area contributed by atoms with Gasteiger partial charge in [-0.05, 0) is 41.9 Å². The smallest absolute Gasteiger partial charge is 0.0695 e. The van der Waals surface area contributed by atoms with Gasteiger partial charge in [-0.2, -0.15) is 5.10 Å². The molecule has 18 heavy (non-hydrogen) atoms. The highest BCUT2D eigenvalue weighted by Crippen LogP contribution is 2.25. The van der Waals surface area contributed by atoms with E-state index in [9.17, 15) is 0 Å². The Morgan fingerprint density at radius 3 is 2.78 bits per heavy atom. The van der Waals surface area contributed by atoms with Gasteiger partial charge in [0.1, 0.15) is 0 Å². The molecular weight excluding hydrogens is 290 g/mol. The second-order valence-electron chi connectivity index (χ2n) is 4.54. The first-order valence-electron chi connectivity index (χ1n) is 6.02. The lowest BCUT2D eigenvalue weighted by Gasteiger charge is -2.17. The van der Waals surface area contributed by atoms with Crippen molar-refractivity contribution in [2.45, 2.75) is 19.4 Å². The molecular formula is C14H18BrN3. The summed E-state index contributed by atoms with van der Waals surface area (Å²) in [5.74, 6) is 0. The number of halogens is 1. The Labute approximate surface area is 116 Å². The Balaban J connectivity index is 2.25. The van der Waals surface area contributed by atoms with Gasteiger partial charge in [0, 0.05) is 7.05 Å². The predicted molar refractivity (Wildman–Crippen MR) is 77.6 cm³/mol. The fraction of sp³-hybridized carbons (Fsp3) is 0.357. The van der Waals surface area contributed by atoms with E-state index in [-0.39, 0.29) is 6.04 Å². The molecule has 0 aliphatic rings. The highest BCUT2D eigenvalue weighted by molar-refractivity contribution is 9.10. The van der Waals surface area contributed by atoms with Crippen LogP contribution >= 0.6 is 15.9 Å². The number of aromatic nitrogens is 2. The van der Waals surface area contributed by atoms with Gasteiger partial charge in [0.25, 0.3) is 0 Å². The van der Waals surface area contributed by atoms with Crippen LogP contribution in [0.1, 0.15) is 22.9 Å². The van der Waals surface area contributed by atoms with Crippen molar-refractivity contribution in [1.82, 2.24) is 15.1 Å². The zero-order valence-corrected chi connectivity index (χ0v) is 12.5. The summed E-state index contributed by atoms with van der Waals surface area (Å²) in [6.45, 7) is 2.12. The molecule has 0 aliphatic heterocycles. The van der Waals surface area contributed by atoms with E-state index < -0.39 is 0 Å². The van der Waals surface area contributed by atoms with Crippen molar-refractivity contribution >= 4 is 15.9 Å². The number of hydrogen-bond donors (Lipinski definition) is 1. The Morgan fingerprint density at radius 2 is 2.22 bits per heavy atom. The topological polar surface area (TPSA) is 29.9 Å². The van der Waals surface area contributed by atoms with Crippen molar-refractivity contribution in [3.8, 4) is 0 Å². The molecule has 1 atom stereocenters. The number of rotatable bonds is 4. The van der Waals surface area contributed by atoms with Crippen LogP contribution in [-0.4, -0.2) is 16.8 Å². The van der Waals surface area contributed by atoms with Crippen LogP contribution in [0.5, 0.6) is 0 Å². The van der Waals surface area contributed by atoms with Gasteiger partial charge in [0.05, 0.1) is 22.4 Å². The minimum Gasteiger partial charge on any atom is -0.311 e. The molecule has 1 aromatic carbocycles. The van der Waals surface area contributed by atoms with Crippen LogP contribution in [0.25, 0.3) is 0 Å². The summed E-state index contributed by atoms with van der Waals surface area (Å²) >= 11 is 3.56. The first kappa shape index (κ1) is 13.3. The molecule has 0 spiro atoms. The van der Waals surface area contributed by atoms with Gasteiger partial charge in [-0.15, -0.1) is 0 Å². The molecule has 0 saturated carbocycles. The second kappa shape index (κ2) is 5.67.